The van der Waals surface area contributed by atoms with Crippen LogP contribution in [0.25, 0.3) is 0 Å². The minimum Gasteiger partial charge on any atom is -0.384 e. The van der Waals surface area contributed by atoms with Gasteiger partial charge in [-0.25, -0.2) is 0 Å². The fourth-order valence-electron chi connectivity index (χ4n) is 1.30. The monoisotopic (exact) mass is 165 g/mol. The van der Waals surface area contributed by atoms with Gasteiger partial charge in [-0.1, -0.05) is 0 Å². The molecular weight excluding hydrogens is 150 g/mol. The largest absolute Gasteiger partial charge is 0.384 e. The van der Waals surface area contributed by atoms with Crippen LogP contribution in [0.3, 0.4) is 0 Å². The molecule has 1 rings (SSSR count). The minimum atomic E-state index is 0. The zero-order valence-corrected chi connectivity index (χ0v) is 7.25. The number of hydrogen-bond acceptors (Lipinski definition) is 2. The fraction of sp³-hybridized carbons (Fsp3) is 1.00. The molecule has 0 amide bonds. The van der Waals surface area contributed by atoms with Gasteiger partial charge in [0.1, 0.15) is 0 Å². The highest BCUT2D eigenvalue weighted by Crippen LogP contribution is 2.08. The molecule has 1 fully saturated rings. The fourth-order valence-corrected chi connectivity index (χ4v) is 1.30. The molecule has 2 nitrogen and oxygen atoms in total. The molecule has 0 radical (unpaired) electrons. The lowest BCUT2D eigenvalue weighted by molar-refractivity contribution is 0.137. The molecule has 1 aliphatic heterocycles. The maximum absolute atomic E-state index is 5.04. The van der Waals surface area contributed by atoms with Gasteiger partial charge in [0, 0.05) is 13.7 Å². The van der Waals surface area contributed by atoms with Crippen LogP contribution in [-0.4, -0.2) is 26.8 Å². The Labute approximate surface area is 68.7 Å². The van der Waals surface area contributed by atoms with Crippen molar-refractivity contribution in [1.29, 1.82) is 0 Å². The Morgan fingerprint density at radius 1 is 1.60 bits per heavy atom. The molecule has 0 spiro atoms. The van der Waals surface area contributed by atoms with E-state index in [4.69, 9.17) is 4.74 Å². The average Bonchev–Trinajstić information content (AvgIpc) is 1.91. The van der Waals surface area contributed by atoms with Gasteiger partial charge in [0.2, 0.25) is 0 Å². The molecule has 0 aliphatic carbocycles. The summed E-state index contributed by atoms with van der Waals surface area (Å²) in [5.41, 5.74) is 0. The van der Waals surface area contributed by atoms with Crippen LogP contribution in [-0.2, 0) is 4.74 Å². The molecule has 1 aliphatic rings. The average molecular weight is 166 g/mol. The standard InChI is InChI=1S/C7H15NO.ClH/c1-9-6-7-3-2-4-8-5-7;/h7-8H,2-6H2,1H3;1H/t7-;/m0./s1. The molecule has 3 heteroatoms. The van der Waals surface area contributed by atoms with Crippen molar-refractivity contribution in [1.82, 2.24) is 5.32 Å². The lowest BCUT2D eigenvalue weighted by Gasteiger charge is -2.21. The van der Waals surface area contributed by atoms with Gasteiger partial charge in [-0.15, -0.1) is 12.4 Å². The number of methoxy groups -OCH3 is 1. The summed E-state index contributed by atoms with van der Waals surface area (Å²) in [4.78, 5) is 0. The highest BCUT2D eigenvalue weighted by molar-refractivity contribution is 5.85. The van der Waals surface area contributed by atoms with Crippen molar-refractivity contribution < 1.29 is 4.74 Å². The molecule has 1 N–H and O–H groups in total. The molecule has 10 heavy (non-hydrogen) atoms. The van der Waals surface area contributed by atoms with Crippen LogP contribution in [0.5, 0.6) is 0 Å². The summed E-state index contributed by atoms with van der Waals surface area (Å²) >= 11 is 0. The third-order valence-electron chi connectivity index (χ3n) is 1.80. The summed E-state index contributed by atoms with van der Waals surface area (Å²) < 4.78 is 5.04. The second-order valence-corrected chi connectivity index (χ2v) is 2.67. The molecule has 0 aromatic carbocycles. The molecule has 62 valence electrons. The summed E-state index contributed by atoms with van der Waals surface area (Å²) in [6, 6.07) is 0. The lowest BCUT2D eigenvalue weighted by atomic mass is 10.0. The Bertz CT molecular complexity index is 71.3. The molecule has 0 aromatic heterocycles. The SMILES string of the molecule is COC[C@H]1CCCNC1.Cl. The molecule has 0 aromatic rings. The van der Waals surface area contributed by atoms with E-state index in [9.17, 15) is 0 Å². The van der Waals surface area contributed by atoms with E-state index in [1.807, 2.05) is 0 Å². The smallest absolute Gasteiger partial charge is 0.0502 e. The Morgan fingerprint density at radius 2 is 2.40 bits per heavy atom. The number of piperidine rings is 1. The minimum absolute atomic E-state index is 0. The van der Waals surface area contributed by atoms with Crippen molar-refractivity contribution in [3.8, 4) is 0 Å². The predicted molar refractivity (Wildman–Crippen MR) is 44.7 cm³/mol. The Kier molecular flexibility index (Phi) is 6.08. The van der Waals surface area contributed by atoms with Crippen LogP contribution in [0, 0.1) is 5.92 Å². The zero-order chi connectivity index (χ0) is 6.53. The Hall–Kier alpha value is 0.210. The molecule has 1 heterocycles. The van der Waals surface area contributed by atoms with Gasteiger partial charge in [-0.2, -0.15) is 0 Å². The van der Waals surface area contributed by atoms with E-state index in [2.05, 4.69) is 5.32 Å². The summed E-state index contributed by atoms with van der Waals surface area (Å²) in [5.74, 6) is 0.767. The van der Waals surface area contributed by atoms with Gasteiger partial charge in [0.15, 0.2) is 0 Å². The second-order valence-electron chi connectivity index (χ2n) is 2.67. The van der Waals surface area contributed by atoms with Crippen molar-refractivity contribution in [2.45, 2.75) is 12.8 Å². The first kappa shape index (κ1) is 10.2. The van der Waals surface area contributed by atoms with Gasteiger partial charge < -0.3 is 10.1 Å². The summed E-state index contributed by atoms with van der Waals surface area (Å²) in [6.07, 6.45) is 2.65. The number of ether oxygens (including phenoxy) is 1. The second kappa shape index (κ2) is 5.96. The summed E-state index contributed by atoms with van der Waals surface area (Å²) in [6.45, 7) is 3.26. The van der Waals surface area contributed by atoms with Gasteiger partial charge in [-0.05, 0) is 25.3 Å². The first-order valence-corrected chi connectivity index (χ1v) is 3.63. The number of hydrogen-bond donors (Lipinski definition) is 1. The first-order valence-electron chi connectivity index (χ1n) is 3.63. The summed E-state index contributed by atoms with van der Waals surface area (Å²) in [5, 5.41) is 3.34. The normalized spacial score (nSPS) is 25.5. The highest BCUT2D eigenvalue weighted by Gasteiger charge is 2.11. The topological polar surface area (TPSA) is 21.3 Å². The van der Waals surface area contributed by atoms with Gasteiger partial charge in [0.25, 0.3) is 0 Å². The molecule has 0 saturated carbocycles. The molecule has 1 saturated heterocycles. The van der Waals surface area contributed by atoms with Gasteiger partial charge >= 0.3 is 0 Å². The molecule has 0 unspecified atom stereocenters. The Morgan fingerprint density at radius 3 is 2.90 bits per heavy atom. The van der Waals surface area contributed by atoms with Crippen LogP contribution in [0.4, 0.5) is 0 Å². The van der Waals surface area contributed by atoms with Crippen molar-refractivity contribution in [3.05, 3.63) is 0 Å². The number of halogens is 1. The van der Waals surface area contributed by atoms with E-state index in [0.717, 1.165) is 19.1 Å². The van der Waals surface area contributed by atoms with E-state index in [-0.39, 0.29) is 12.4 Å². The van der Waals surface area contributed by atoms with E-state index >= 15 is 0 Å². The maximum Gasteiger partial charge on any atom is 0.0502 e. The first-order chi connectivity index (χ1) is 4.43. The van der Waals surface area contributed by atoms with Crippen LogP contribution in [0.2, 0.25) is 0 Å². The van der Waals surface area contributed by atoms with Gasteiger partial charge in [-0.3, -0.25) is 0 Å². The highest BCUT2D eigenvalue weighted by atomic mass is 35.5. The predicted octanol–water partition coefficient (Wildman–Crippen LogP) is 1.05. The maximum atomic E-state index is 5.04. The van der Waals surface area contributed by atoms with E-state index in [1.54, 1.807) is 7.11 Å². The van der Waals surface area contributed by atoms with Crippen LogP contribution >= 0.6 is 12.4 Å². The van der Waals surface area contributed by atoms with Crippen molar-refractivity contribution in [2.75, 3.05) is 26.8 Å². The van der Waals surface area contributed by atoms with Crippen LogP contribution < -0.4 is 5.32 Å². The number of rotatable bonds is 2. The van der Waals surface area contributed by atoms with E-state index in [0.29, 0.717) is 0 Å². The van der Waals surface area contributed by atoms with Crippen molar-refractivity contribution >= 4 is 12.4 Å². The third kappa shape index (κ3) is 3.40. The molecule has 1 atom stereocenters. The molecular formula is C7H16ClNO. The van der Waals surface area contributed by atoms with Crippen molar-refractivity contribution in [3.63, 3.8) is 0 Å². The van der Waals surface area contributed by atoms with Crippen LogP contribution in [0.1, 0.15) is 12.8 Å². The quantitative estimate of drug-likeness (QED) is 0.661. The number of nitrogens with one attached hydrogen (secondary N) is 1. The zero-order valence-electron chi connectivity index (χ0n) is 6.43. The third-order valence-corrected chi connectivity index (χ3v) is 1.80. The van der Waals surface area contributed by atoms with Crippen molar-refractivity contribution in [2.24, 2.45) is 5.92 Å². The van der Waals surface area contributed by atoms with Gasteiger partial charge in [0.05, 0.1) is 6.61 Å². The Balaban J connectivity index is 0.000000810. The lowest BCUT2D eigenvalue weighted by Crippen LogP contribution is -2.31. The van der Waals surface area contributed by atoms with Crippen LogP contribution in [0.15, 0.2) is 0 Å². The van der Waals surface area contributed by atoms with E-state index in [1.165, 1.54) is 19.4 Å². The molecule has 0 bridgehead atoms. The summed E-state index contributed by atoms with van der Waals surface area (Å²) in [7, 11) is 1.77. The van der Waals surface area contributed by atoms with E-state index < -0.39 is 0 Å².